The van der Waals surface area contributed by atoms with Crippen molar-refractivity contribution in [3.63, 3.8) is 0 Å². The summed E-state index contributed by atoms with van der Waals surface area (Å²) in [6.07, 6.45) is 5.86. The van der Waals surface area contributed by atoms with Crippen LogP contribution in [-0.2, 0) is 0 Å². The third-order valence-electron chi connectivity index (χ3n) is 2.39. The molecule has 0 saturated heterocycles. The molecule has 0 aliphatic carbocycles. The van der Waals surface area contributed by atoms with Gasteiger partial charge >= 0.3 is 0 Å². The fourth-order valence-electron chi connectivity index (χ4n) is 1.69. The van der Waals surface area contributed by atoms with Crippen molar-refractivity contribution < 1.29 is 0 Å². The maximum atomic E-state index is 5.63. The Bertz CT molecular complexity index is 109. The molecular formula is C10H23ClN2. The molecule has 0 heterocycles. The zero-order chi connectivity index (χ0) is 10.1. The Morgan fingerprint density at radius 2 is 2.08 bits per heavy atom. The van der Waals surface area contributed by atoms with Gasteiger partial charge in [0.1, 0.15) is 0 Å². The van der Waals surface area contributed by atoms with Gasteiger partial charge in [-0.05, 0) is 25.2 Å². The van der Waals surface area contributed by atoms with Gasteiger partial charge in [-0.3, -0.25) is 11.3 Å². The highest BCUT2D eigenvalue weighted by molar-refractivity contribution is 6.17. The van der Waals surface area contributed by atoms with E-state index < -0.39 is 0 Å². The molecular weight excluding hydrogens is 184 g/mol. The van der Waals surface area contributed by atoms with E-state index in [1.165, 1.54) is 19.3 Å². The van der Waals surface area contributed by atoms with Crippen molar-refractivity contribution in [1.29, 1.82) is 0 Å². The van der Waals surface area contributed by atoms with Gasteiger partial charge in [0, 0.05) is 11.9 Å². The molecule has 0 aliphatic heterocycles. The molecule has 0 radical (unpaired) electrons. The van der Waals surface area contributed by atoms with Gasteiger partial charge in [-0.25, -0.2) is 0 Å². The summed E-state index contributed by atoms with van der Waals surface area (Å²) >= 11 is 5.63. The molecule has 2 atom stereocenters. The zero-order valence-electron chi connectivity index (χ0n) is 8.85. The Balaban J connectivity index is 3.56. The minimum Gasteiger partial charge on any atom is -0.271 e. The number of halogens is 1. The van der Waals surface area contributed by atoms with Gasteiger partial charge in [0.25, 0.3) is 0 Å². The molecule has 0 aromatic rings. The summed E-state index contributed by atoms with van der Waals surface area (Å²) in [5, 5.41) is 0. The van der Waals surface area contributed by atoms with Crippen LogP contribution in [0.5, 0.6) is 0 Å². The van der Waals surface area contributed by atoms with E-state index in [-0.39, 0.29) is 0 Å². The Morgan fingerprint density at radius 1 is 1.38 bits per heavy atom. The fourth-order valence-corrected chi connectivity index (χ4v) is 1.84. The highest BCUT2D eigenvalue weighted by Crippen LogP contribution is 2.15. The second-order valence-electron chi connectivity index (χ2n) is 3.82. The molecule has 0 rings (SSSR count). The molecule has 0 aromatic heterocycles. The third kappa shape index (κ3) is 7.29. The first-order valence-electron chi connectivity index (χ1n) is 5.26. The van der Waals surface area contributed by atoms with Crippen molar-refractivity contribution >= 4 is 11.6 Å². The van der Waals surface area contributed by atoms with Crippen molar-refractivity contribution in [3.8, 4) is 0 Å². The van der Waals surface area contributed by atoms with E-state index in [1.807, 2.05) is 0 Å². The maximum absolute atomic E-state index is 5.63. The Hall–Kier alpha value is 0.210. The first kappa shape index (κ1) is 13.2. The summed E-state index contributed by atoms with van der Waals surface area (Å²) in [5.41, 5.74) is 2.87. The number of rotatable bonds is 8. The average molecular weight is 207 g/mol. The van der Waals surface area contributed by atoms with Gasteiger partial charge in [0.05, 0.1) is 0 Å². The number of hydrazine groups is 1. The normalized spacial score (nSPS) is 15.7. The lowest BCUT2D eigenvalue weighted by Crippen LogP contribution is -2.36. The summed E-state index contributed by atoms with van der Waals surface area (Å²) in [6, 6.07) is 0.445. The largest absolute Gasteiger partial charge is 0.271 e. The van der Waals surface area contributed by atoms with Gasteiger partial charge in [-0.1, -0.05) is 26.7 Å². The van der Waals surface area contributed by atoms with Gasteiger partial charge in [-0.15, -0.1) is 11.6 Å². The molecule has 0 bridgehead atoms. The standard InChI is InChI=1S/C10H23ClN2/c1-3-5-9(2)8-10(13-12)6-4-7-11/h9-10,13H,3-8,12H2,1-2H3. The van der Waals surface area contributed by atoms with E-state index in [9.17, 15) is 0 Å². The van der Waals surface area contributed by atoms with Crippen LogP contribution in [0.1, 0.15) is 46.0 Å². The monoisotopic (exact) mass is 206 g/mol. The van der Waals surface area contributed by atoms with Crippen LogP contribution in [0.3, 0.4) is 0 Å². The topological polar surface area (TPSA) is 38.0 Å². The van der Waals surface area contributed by atoms with Crippen molar-refractivity contribution in [3.05, 3.63) is 0 Å². The number of alkyl halides is 1. The molecule has 0 aliphatic rings. The molecule has 2 unspecified atom stereocenters. The quantitative estimate of drug-likeness (QED) is 0.364. The van der Waals surface area contributed by atoms with Crippen LogP contribution in [0, 0.1) is 5.92 Å². The van der Waals surface area contributed by atoms with Gasteiger partial charge in [0.2, 0.25) is 0 Å². The molecule has 3 N–H and O–H groups in total. The minimum atomic E-state index is 0.445. The van der Waals surface area contributed by atoms with E-state index in [4.69, 9.17) is 17.4 Å². The number of nitrogens with one attached hydrogen (secondary N) is 1. The fraction of sp³-hybridized carbons (Fsp3) is 1.00. The van der Waals surface area contributed by atoms with Gasteiger partial charge < -0.3 is 0 Å². The lowest BCUT2D eigenvalue weighted by Gasteiger charge is -2.19. The van der Waals surface area contributed by atoms with Crippen LogP contribution in [0.25, 0.3) is 0 Å². The predicted molar refractivity (Wildman–Crippen MR) is 59.8 cm³/mol. The van der Waals surface area contributed by atoms with Crippen molar-refractivity contribution in [2.45, 2.75) is 52.0 Å². The smallest absolute Gasteiger partial charge is 0.0224 e. The van der Waals surface area contributed by atoms with E-state index in [1.54, 1.807) is 0 Å². The molecule has 0 spiro atoms. The second kappa shape index (κ2) is 8.79. The minimum absolute atomic E-state index is 0.445. The van der Waals surface area contributed by atoms with Crippen molar-refractivity contribution in [1.82, 2.24) is 5.43 Å². The van der Waals surface area contributed by atoms with E-state index in [0.29, 0.717) is 6.04 Å². The summed E-state index contributed by atoms with van der Waals surface area (Å²) in [7, 11) is 0. The number of hydrogen-bond acceptors (Lipinski definition) is 2. The third-order valence-corrected chi connectivity index (χ3v) is 2.66. The van der Waals surface area contributed by atoms with E-state index in [0.717, 1.165) is 24.6 Å². The molecule has 2 nitrogen and oxygen atoms in total. The number of nitrogens with two attached hydrogens (primary N) is 1. The number of hydrogen-bond donors (Lipinski definition) is 2. The highest BCUT2D eigenvalue weighted by Gasteiger charge is 2.10. The molecule has 80 valence electrons. The molecule has 3 heteroatoms. The average Bonchev–Trinajstić information content (AvgIpc) is 2.12. The van der Waals surface area contributed by atoms with Crippen LogP contribution in [0.2, 0.25) is 0 Å². The first-order valence-corrected chi connectivity index (χ1v) is 5.80. The summed E-state index contributed by atoms with van der Waals surface area (Å²) in [5.74, 6) is 6.97. The van der Waals surface area contributed by atoms with Crippen LogP contribution >= 0.6 is 11.6 Å². The Labute approximate surface area is 87.2 Å². The molecule has 0 amide bonds. The summed E-state index contributed by atoms with van der Waals surface area (Å²) in [4.78, 5) is 0. The van der Waals surface area contributed by atoms with E-state index in [2.05, 4.69) is 19.3 Å². The van der Waals surface area contributed by atoms with Crippen LogP contribution in [0.15, 0.2) is 0 Å². The van der Waals surface area contributed by atoms with E-state index >= 15 is 0 Å². The molecule has 0 fully saturated rings. The maximum Gasteiger partial charge on any atom is 0.0224 e. The highest BCUT2D eigenvalue weighted by atomic mass is 35.5. The predicted octanol–water partition coefficient (Wildman–Crippen LogP) is 2.66. The van der Waals surface area contributed by atoms with Crippen LogP contribution in [-0.4, -0.2) is 11.9 Å². The van der Waals surface area contributed by atoms with Gasteiger partial charge in [-0.2, -0.15) is 0 Å². The zero-order valence-corrected chi connectivity index (χ0v) is 9.61. The summed E-state index contributed by atoms with van der Waals surface area (Å²) in [6.45, 7) is 4.51. The Morgan fingerprint density at radius 3 is 2.54 bits per heavy atom. The molecule has 0 saturated carbocycles. The SMILES string of the molecule is CCCC(C)CC(CCCCl)NN. The molecule has 13 heavy (non-hydrogen) atoms. The Kier molecular flexibility index (Phi) is 8.93. The van der Waals surface area contributed by atoms with Gasteiger partial charge in [0.15, 0.2) is 0 Å². The van der Waals surface area contributed by atoms with Crippen LogP contribution < -0.4 is 11.3 Å². The lowest BCUT2D eigenvalue weighted by atomic mass is 9.95. The van der Waals surface area contributed by atoms with Crippen molar-refractivity contribution in [2.75, 3.05) is 5.88 Å². The lowest BCUT2D eigenvalue weighted by molar-refractivity contribution is 0.370. The first-order chi connectivity index (χ1) is 6.24. The van der Waals surface area contributed by atoms with Crippen molar-refractivity contribution in [2.24, 2.45) is 11.8 Å². The second-order valence-corrected chi connectivity index (χ2v) is 4.20. The van der Waals surface area contributed by atoms with Crippen LogP contribution in [0.4, 0.5) is 0 Å². The molecule has 0 aromatic carbocycles. The summed E-state index contributed by atoms with van der Waals surface area (Å²) < 4.78 is 0.